The molecule has 1 aliphatic rings. The molecular formula is C13H17F2NO. The van der Waals surface area contributed by atoms with Gasteiger partial charge in [-0.3, -0.25) is 0 Å². The Balaban J connectivity index is 2.20. The molecule has 0 saturated heterocycles. The van der Waals surface area contributed by atoms with E-state index in [1.807, 2.05) is 0 Å². The monoisotopic (exact) mass is 241 g/mol. The SMILES string of the molecule is NC(c1ccccc1F)C1(O)CCC(F)CC1. The molecule has 0 bridgehead atoms. The molecule has 0 aromatic heterocycles. The molecule has 1 fully saturated rings. The Morgan fingerprint density at radius 1 is 1.29 bits per heavy atom. The fourth-order valence-corrected chi connectivity index (χ4v) is 2.41. The lowest BCUT2D eigenvalue weighted by molar-refractivity contribution is -0.0371. The van der Waals surface area contributed by atoms with Crippen LogP contribution in [0.4, 0.5) is 8.78 Å². The van der Waals surface area contributed by atoms with Gasteiger partial charge in [0.15, 0.2) is 0 Å². The maximum atomic E-state index is 13.6. The van der Waals surface area contributed by atoms with Crippen molar-refractivity contribution in [3.05, 3.63) is 35.6 Å². The predicted molar refractivity (Wildman–Crippen MR) is 61.6 cm³/mol. The summed E-state index contributed by atoms with van der Waals surface area (Å²) in [5.74, 6) is -0.421. The number of halogens is 2. The topological polar surface area (TPSA) is 46.2 Å². The van der Waals surface area contributed by atoms with Crippen molar-refractivity contribution in [2.45, 2.75) is 43.5 Å². The molecule has 1 aliphatic carbocycles. The molecule has 2 rings (SSSR count). The van der Waals surface area contributed by atoms with Crippen molar-refractivity contribution in [2.75, 3.05) is 0 Å². The van der Waals surface area contributed by atoms with Gasteiger partial charge in [0.1, 0.15) is 12.0 Å². The van der Waals surface area contributed by atoms with Crippen LogP contribution in [0.2, 0.25) is 0 Å². The lowest BCUT2D eigenvalue weighted by Crippen LogP contribution is -2.44. The summed E-state index contributed by atoms with van der Waals surface area (Å²) in [4.78, 5) is 0. The smallest absolute Gasteiger partial charge is 0.128 e. The molecule has 0 heterocycles. The highest BCUT2D eigenvalue weighted by atomic mass is 19.1. The fraction of sp³-hybridized carbons (Fsp3) is 0.538. The summed E-state index contributed by atoms with van der Waals surface area (Å²) >= 11 is 0. The number of rotatable bonds is 2. The Hall–Kier alpha value is -1.00. The third-order valence-corrected chi connectivity index (χ3v) is 3.60. The number of alkyl halides is 1. The van der Waals surface area contributed by atoms with E-state index in [1.165, 1.54) is 6.07 Å². The molecule has 1 aromatic carbocycles. The van der Waals surface area contributed by atoms with Gasteiger partial charge in [-0.25, -0.2) is 8.78 Å². The molecule has 94 valence electrons. The summed E-state index contributed by atoms with van der Waals surface area (Å²) in [6.45, 7) is 0. The molecule has 1 unspecified atom stereocenters. The number of benzene rings is 1. The van der Waals surface area contributed by atoms with E-state index in [4.69, 9.17) is 5.73 Å². The lowest BCUT2D eigenvalue weighted by Gasteiger charge is -2.38. The Labute approximate surface area is 99.4 Å². The standard InChI is InChI=1S/C13H17F2NO/c14-9-5-7-13(17,8-6-9)12(16)10-3-1-2-4-11(10)15/h1-4,9,12,17H,5-8,16H2. The molecule has 0 radical (unpaired) electrons. The largest absolute Gasteiger partial charge is 0.388 e. The van der Waals surface area contributed by atoms with Gasteiger partial charge in [0.2, 0.25) is 0 Å². The molecular weight excluding hydrogens is 224 g/mol. The first-order valence-electron chi connectivity index (χ1n) is 5.89. The van der Waals surface area contributed by atoms with Gasteiger partial charge in [-0.05, 0) is 31.7 Å². The van der Waals surface area contributed by atoms with Gasteiger partial charge < -0.3 is 10.8 Å². The van der Waals surface area contributed by atoms with Crippen LogP contribution in [0.1, 0.15) is 37.3 Å². The molecule has 17 heavy (non-hydrogen) atoms. The zero-order valence-corrected chi connectivity index (χ0v) is 9.57. The van der Waals surface area contributed by atoms with E-state index in [0.29, 0.717) is 18.4 Å². The molecule has 0 amide bonds. The highest BCUT2D eigenvalue weighted by Gasteiger charge is 2.40. The average molecular weight is 241 g/mol. The molecule has 0 spiro atoms. The Bertz CT molecular complexity index is 389. The van der Waals surface area contributed by atoms with E-state index >= 15 is 0 Å². The van der Waals surface area contributed by atoms with E-state index in [0.717, 1.165) is 0 Å². The average Bonchev–Trinajstić information content (AvgIpc) is 2.33. The van der Waals surface area contributed by atoms with Crippen LogP contribution in [0, 0.1) is 5.82 Å². The van der Waals surface area contributed by atoms with Crippen LogP contribution in [0.25, 0.3) is 0 Å². The quantitative estimate of drug-likeness (QED) is 0.835. The third kappa shape index (κ3) is 2.48. The number of hydrogen-bond donors (Lipinski definition) is 2. The highest BCUT2D eigenvalue weighted by molar-refractivity contribution is 5.24. The first-order chi connectivity index (χ1) is 8.03. The van der Waals surface area contributed by atoms with Crippen molar-refractivity contribution in [3.63, 3.8) is 0 Å². The van der Waals surface area contributed by atoms with E-state index in [2.05, 4.69) is 0 Å². The van der Waals surface area contributed by atoms with Crippen molar-refractivity contribution in [1.82, 2.24) is 0 Å². The van der Waals surface area contributed by atoms with Gasteiger partial charge in [-0.15, -0.1) is 0 Å². The van der Waals surface area contributed by atoms with Gasteiger partial charge in [0.05, 0.1) is 11.6 Å². The molecule has 1 atom stereocenters. The highest BCUT2D eigenvalue weighted by Crippen LogP contribution is 2.38. The molecule has 3 N–H and O–H groups in total. The summed E-state index contributed by atoms with van der Waals surface area (Å²) in [7, 11) is 0. The minimum atomic E-state index is -1.19. The van der Waals surface area contributed by atoms with Gasteiger partial charge in [0, 0.05) is 5.56 Å². The summed E-state index contributed by atoms with van der Waals surface area (Å²) in [6.07, 6.45) is 0.271. The second-order valence-electron chi connectivity index (χ2n) is 4.78. The van der Waals surface area contributed by atoms with Crippen molar-refractivity contribution >= 4 is 0 Å². The summed E-state index contributed by atoms with van der Waals surface area (Å²) in [6, 6.07) is 5.35. The van der Waals surface area contributed by atoms with Crippen molar-refractivity contribution in [2.24, 2.45) is 5.73 Å². The summed E-state index contributed by atoms with van der Waals surface area (Å²) < 4.78 is 26.6. The number of aliphatic hydroxyl groups is 1. The minimum absolute atomic E-state index is 0.281. The second kappa shape index (κ2) is 4.70. The number of hydrogen-bond acceptors (Lipinski definition) is 2. The van der Waals surface area contributed by atoms with E-state index in [-0.39, 0.29) is 12.8 Å². The van der Waals surface area contributed by atoms with Crippen LogP contribution < -0.4 is 5.73 Å². The fourth-order valence-electron chi connectivity index (χ4n) is 2.41. The maximum absolute atomic E-state index is 13.6. The van der Waals surface area contributed by atoms with Gasteiger partial charge in [0.25, 0.3) is 0 Å². The minimum Gasteiger partial charge on any atom is -0.388 e. The van der Waals surface area contributed by atoms with Gasteiger partial charge in [-0.2, -0.15) is 0 Å². The maximum Gasteiger partial charge on any atom is 0.128 e. The third-order valence-electron chi connectivity index (χ3n) is 3.60. The Morgan fingerprint density at radius 3 is 2.47 bits per heavy atom. The lowest BCUT2D eigenvalue weighted by atomic mass is 9.76. The van der Waals surface area contributed by atoms with Crippen LogP contribution in [0.5, 0.6) is 0 Å². The van der Waals surface area contributed by atoms with E-state index in [1.54, 1.807) is 18.2 Å². The molecule has 0 aliphatic heterocycles. The van der Waals surface area contributed by atoms with E-state index < -0.39 is 23.6 Å². The van der Waals surface area contributed by atoms with Crippen molar-refractivity contribution in [3.8, 4) is 0 Å². The zero-order chi connectivity index (χ0) is 12.5. The summed E-state index contributed by atoms with van der Waals surface area (Å²) in [5.41, 5.74) is 5.05. The number of nitrogens with two attached hydrogens (primary N) is 1. The van der Waals surface area contributed by atoms with Gasteiger partial charge in [-0.1, -0.05) is 18.2 Å². The molecule has 1 saturated carbocycles. The molecule has 1 aromatic rings. The van der Waals surface area contributed by atoms with Crippen LogP contribution in [0.15, 0.2) is 24.3 Å². The van der Waals surface area contributed by atoms with Crippen LogP contribution >= 0.6 is 0 Å². The Kier molecular flexibility index (Phi) is 3.45. The van der Waals surface area contributed by atoms with Crippen LogP contribution in [0.3, 0.4) is 0 Å². The van der Waals surface area contributed by atoms with Crippen molar-refractivity contribution < 1.29 is 13.9 Å². The molecule has 4 heteroatoms. The van der Waals surface area contributed by atoms with Gasteiger partial charge >= 0.3 is 0 Å². The normalized spacial score (nSPS) is 31.2. The Morgan fingerprint density at radius 2 is 1.88 bits per heavy atom. The van der Waals surface area contributed by atoms with Crippen LogP contribution in [-0.2, 0) is 0 Å². The second-order valence-corrected chi connectivity index (χ2v) is 4.78. The molecule has 2 nitrogen and oxygen atoms in total. The first-order valence-corrected chi connectivity index (χ1v) is 5.89. The first kappa shape index (κ1) is 12.5. The van der Waals surface area contributed by atoms with Crippen molar-refractivity contribution in [1.29, 1.82) is 0 Å². The zero-order valence-electron chi connectivity index (χ0n) is 9.57. The van der Waals surface area contributed by atoms with Crippen LogP contribution in [-0.4, -0.2) is 16.9 Å². The predicted octanol–water partition coefficient (Wildman–Crippen LogP) is 2.47. The summed E-state index contributed by atoms with van der Waals surface area (Å²) in [5, 5.41) is 10.4. The van der Waals surface area contributed by atoms with E-state index in [9.17, 15) is 13.9 Å².